The summed E-state index contributed by atoms with van der Waals surface area (Å²) in [5.41, 5.74) is 0.779. The number of carbonyl (C=O) groups is 1. The Morgan fingerprint density at radius 1 is 1.45 bits per heavy atom. The second kappa shape index (κ2) is 6.52. The maximum Gasteiger partial charge on any atom is 0.246 e. The SMILES string of the molecule is CC(C)CC(=O)NCc1nc(-c2cccc(Cl)c2)no1. The minimum atomic E-state index is -0.0255. The van der Waals surface area contributed by atoms with E-state index in [2.05, 4.69) is 15.5 Å². The van der Waals surface area contributed by atoms with Crippen LogP contribution in [0.5, 0.6) is 0 Å². The van der Waals surface area contributed by atoms with Crippen molar-refractivity contribution in [3.8, 4) is 11.4 Å². The Morgan fingerprint density at radius 3 is 2.95 bits per heavy atom. The highest BCUT2D eigenvalue weighted by atomic mass is 35.5. The number of rotatable bonds is 5. The van der Waals surface area contributed by atoms with Crippen LogP contribution in [0.4, 0.5) is 0 Å². The highest BCUT2D eigenvalue weighted by Crippen LogP contribution is 2.19. The summed E-state index contributed by atoms with van der Waals surface area (Å²) in [6.45, 7) is 4.21. The second-order valence-corrected chi connectivity index (χ2v) is 5.33. The quantitative estimate of drug-likeness (QED) is 0.920. The molecule has 0 fully saturated rings. The Labute approximate surface area is 122 Å². The standard InChI is InChI=1S/C14H16ClN3O2/c1-9(2)6-12(19)16-8-13-17-14(18-20-13)10-4-3-5-11(15)7-10/h3-5,7,9H,6,8H2,1-2H3,(H,16,19). The minimum Gasteiger partial charge on any atom is -0.347 e. The third-order valence-corrected chi connectivity index (χ3v) is 2.82. The molecule has 0 aliphatic rings. The third-order valence-electron chi connectivity index (χ3n) is 2.58. The van der Waals surface area contributed by atoms with Gasteiger partial charge in [0, 0.05) is 17.0 Å². The summed E-state index contributed by atoms with van der Waals surface area (Å²) >= 11 is 5.91. The molecule has 6 heteroatoms. The average Bonchev–Trinajstić information content (AvgIpc) is 2.84. The first kappa shape index (κ1) is 14.5. The molecule has 2 rings (SSSR count). The van der Waals surface area contributed by atoms with E-state index in [1.165, 1.54) is 0 Å². The molecular formula is C14H16ClN3O2. The van der Waals surface area contributed by atoms with Crippen LogP contribution in [-0.4, -0.2) is 16.0 Å². The Hall–Kier alpha value is -1.88. The lowest BCUT2D eigenvalue weighted by molar-refractivity contribution is -0.122. The van der Waals surface area contributed by atoms with Crippen LogP contribution in [0.15, 0.2) is 28.8 Å². The molecule has 106 valence electrons. The molecule has 0 aliphatic heterocycles. The fourth-order valence-corrected chi connectivity index (χ4v) is 1.88. The van der Waals surface area contributed by atoms with Crippen molar-refractivity contribution < 1.29 is 9.32 Å². The lowest BCUT2D eigenvalue weighted by atomic mass is 10.1. The van der Waals surface area contributed by atoms with Gasteiger partial charge in [-0.05, 0) is 18.1 Å². The van der Waals surface area contributed by atoms with Gasteiger partial charge in [-0.2, -0.15) is 4.98 Å². The molecule has 1 N–H and O–H groups in total. The Bertz CT molecular complexity index is 596. The molecule has 0 saturated carbocycles. The molecule has 1 aromatic heterocycles. The first-order chi connectivity index (χ1) is 9.54. The molecule has 5 nitrogen and oxygen atoms in total. The highest BCUT2D eigenvalue weighted by molar-refractivity contribution is 6.30. The average molecular weight is 294 g/mol. The van der Waals surface area contributed by atoms with Gasteiger partial charge in [-0.25, -0.2) is 0 Å². The van der Waals surface area contributed by atoms with E-state index in [4.69, 9.17) is 16.1 Å². The van der Waals surface area contributed by atoms with Gasteiger partial charge in [-0.1, -0.05) is 42.7 Å². The van der Waals surface area contributed by atoms with Gasteiger partial charge in [0.1, 0.15) is 0 Å². The van der Waals surface area contributed by atoms with Gasteiger partial charge in [0.15, 0.2) is 0 Å². The van der Waals surface area contributed by atoms with Crippen LogP contribution in [-0.2, 0) is 11.3 Å². The topological polar surface area (TPSA) is 68.0 Å². The minimum absolute atomic E-state index is 0.0255. The second-order valence-electron chi connectivity index (χ2n) is 4.90. The van der Waals surface area contributed by atoms with Crippen LogP contribution in [0, 0.1) is 5.92 Å². The van der Waals surface area contributed by atoms with Gasteiger partial charge in [0.05, 0.1) is 6.54 Å². The molecule has 0 atom stereocenters. The van der Waals surface area contributed by atoms with E-state index < -0.39 is 0 Å². The van der Waals surface area contributed by atoms with Gasteiger partial charge in [-0.3, -0.25) is 4.79 Å². The molecule has 1 aromatic carbocycles. The third kappa shape index (κ3) is 4.06. The van der Waals surface area contributed by atoms with Crippen LogP contribution in [0.25, 0.3) is 11.4 Å². The van der Waals surface area contributed by atoms with Gasteiger partial charge in [-0.15, -0.1) is 0 Å². The van der Waals surface area contributed by atoms with Crippen LogP contribution in [0.3, 0.4) is 0 Å². The lowest BCUT2D eigenvalue weighted by Crippen LogP contribution is -2.24. The zero-order valence-corrected chi connectivity index (χ0v) is 12.1. The molecule has 2 aromatic rings. The number of aromatic nitrogens is 2. The summed E-state index contributed by atoms with van der Waals surface area (Å²) in [5.74, 6) is 1.12. The summed E-state index contributed by atoms with van der Waals surface area (Å²) in [6, 6.07) is 7.20. The molecule has 0 saturated heterocycles. The van der Waals surface area contributed by atoms with E-state index in [9.17, 15) is 4.79 Å². The Morgan fingerprint density at radius 2 is 2.25 bits per heavy atom. The largest absolute Gasteiger partial charge is 0.347 e. The number of benzene rings is 1. The van der Waals surface area contributed by atoms with E-state index >= 15 is 0 Å². The van der Waals surface area contributed by atoms with Crippen molar-refractivity contribution in [2.75, 3.05) is 0 Å². The maximum atomic E-state index is 11.5. The van der Waals surface area contributed by atoms with Crippen LogP contribution in [0.1, 0.15) is 26.2 Å². The molecule has 0 bridgehead atoms. The number of halogens is 1. The molecular weight excluding hydrogens is 278 g/mol. The summed E-state index contributed by atoms with van der Waals surface area (Å²) in [6.07, 6.45) is 0.481. The number of hydrogen-bond donors (Lipinski definition) is 1. The summed E-state index contributed by atoms with van der Waals surface area (Å²) in [7, 11) is 0. The zero-order valence-electron chi connectivity index (χ0n) is 11.4. The Kier molecular flexibility index (Phi) is 4.74. The van der Waals surface area contributed by atoms with Gasteiger partial charge in [0.2, 0.25) is 17.6 Å². The smallest absolute Gasteiger partial charge is 0.246 e. The molecule has 0 aliphatic carbocycles. The van der Waals surface area contributed by atoms with E-state index in [0.717, 1.165) is 5.56 Å². The molecule has 0 spiro atoms. The van der Waals surface area contributed by atoms with Crippen LogP contribution in [0.2, 0.25) is 5.02 Å². The van der Waals surface area contributed by atoms with Crippen LogP contribution < -0.4 is 5.32 Å². The van der Waals surface area contributed by atoms with Crippen molar-refractivity contribution in [3.05, 3.63) is 35.2 Å². The Balaban J connectivity index is 1.97. The van der Waals surface area contributed by atoms with Crippen molar-refractivity contribution >= 4 is 17.5 Å². The predicted octanol–water partition coefficient (Wildman–Crippen LogP) is 3.05. The molecule has 20 heavy (non-hydrogen) atoms. The van der Waals surface area contributed by atoms with E-state index in [1.807, 2.05) is 26.0 Å². The van der Waals surface area contributed by atoms with Gasteiger partial charge >= 0.3 is 0 Å². The van der Waals surface area contributed by atoms with Gasteiger partial charge in [0.25, 0.3) is 0 Å². The van der Waals surface area contributed by atoms with E-state index in [-0.39, 0.29) is 12.5 Å². The molecule has 0 radical (unpaired) electrons. The molecule has 1 amide bonds. The zero-order chi connectivity index (χ0) is 14.5. The van der Waals surface area contributed by atoms with E-state index in [0.29, 0.717) is 29.1 Å². The monoisotopic (exact) mass is 293 g/mol. The normalized spacial score (nSPS) is 10.8. The fraction of sp³-hybridized carbons (Fsp3) is 0.357. The number of hydrogen-bond acceptors (Lipinski definition) is 4. The van der Waals surface area contributed by atoms with Crippen molar-refractivity contribution in [3.63, 3.8) is 0 Å². The summed E-state index contributed by atoms with van der Waals surface area (Å²) < 4.78 is 5.10. The molecule has 0 unspecified atom stereocenters. The van der Waals surface area contributed by atoms with Crippen molar-refractivity contribution in [1.82, 2.24) is 15.5 Å². The number of nitrogens with one attached hydrogen (secondary N) is 1. The number of amides is 1. The number of carbonyl (C=O) groups excluding carboxylic acids is 1. The maximum absolute atomic E-state index is 11.5. The van der Waals surface area contributed by atoms with Crippen molar-refractivity contribution in [2.45, 2.75) is 26.8 Å². The van der Waals surface area contributed by atoms with Gasteiger partial charge < -0.3 is 9.84 Å². The highest BCUT2D eigenvalue weighted by Gasteiger charge is 2.10. The number of nitrogens with zero attached hydrogens (tertiary/aromatic N) is 2. The van der Waals surface area contributed by atoms with E-state index in [1.54, 1.807) is 12.1 Å². The lowest BCUT2D eigenvalue weighted by Gasteiger charge is -2.04. The van der Waals surface area contributed by atoms with Crippen molar-refractivity contribution in [2.24, 2.45) is 5.92 Å². The first-order valence-electron chi connectivity index (χ1n) is 6.40. The first-order valence-corrected chi connectivity index (χ1v) is 6.77. The predicted molar refractivity (Wildman–Crippen MR) is 76.0 cm³/mol. The molecule has 1 heterocycles. The summed E-state index contributed by atoms with van der Waals surface area (Å²) in [5, 5.41) is 7.23. The fourth-order valence-electron chi connectivity index (χ4n) is 1.69. The van der Waals surface area contributed by atoms with Crippen LogP contribution >= 0.6 is 11.6 Å². The summed E-state index contributed by atoms with van der Waals surface area (Å²) in [4.78, 5) is 15.8. The van der Waals surface area contributed by atoms with Crippen molar-refractivity contribution in [1.29, 1.82) is 0 Å².